The number of amides is 1. The van der Waals surface area contributed by atoms with Gasteiger partial charge in [-0.25, -0.2) is 9.37 Å². The van der Waals surface area contributed by atoms with Gasteiger partial charge in [-0.2, -0.15) is 5.10 Å². The van der Waals surface area contributed by atoms with E-state index in [2.05, 4.69) is 20.5 Å². The van der Waals surface area contributed by atoms with Gasteiger partial charge < -0.3 is 15.2 Å². The summed E-state index contributed by atoms with van der Waals surface area (Å²) >= 11 is 7.34. The fourth-order valence-corrected chi connectivity index (χ4v) is 4.90. The Hall–Kier alpha value is -3.82. The highest BCUT2D eigenvalue weighted by Crippen LogP contribution is 2.43. The van der Waals surface area contributed by atoms with Crippen LogP contribution >= 0.6 is 23.4 Å². The molecule has 5 rings (SSSR count). The first-order chi connectivity index (χ1) is 16.9. The number of pyridine rings is 1. The van der Waals surface area contributed by atoms with Crippen molar-refractivity contribution >= 4 is 29.3 Å². The van der Waals surface area contributed by atoms with E-state index in [-0.39, 0.29) is 28.8 Å². The molecule has 0 saturated carbocycles. The monoisotopic (exact) mass is 508 g/mol. The standard InChI is InChI=1S/C25H18ClFN4O3S/c26-17-4-1-2-5-19(17)35-23-18(32)14-25(30-24(23)33,21-12-13-28-31-21)20-6-3-7-22(29-20)34-16-10-8-15(27)9-11-16/h1-13,32H,14H2,(H,28,31)(H,30,33). The summed E-state index contributed by atoms with van der Waals surface area (Å²) in [5, 5.41) is 21.4. The summed E-state index contributed by atoms with van der Waals surface area (Å²) in [5.41, 5.74) is -0.279. The van der Waals surface area contributed by atoms with Gasteiger partial charge in [0.15, 0.2) is 0 Å². The zero-order valence-electron chi connectivity index (χ0n) is 18.0. The van der Waals surface area contributed by atoms with Gasteiger partial charge in [0.1, 0.15) is 27.8 Å². The van der Waals surface area contributed by atoms with Gasteiger partial charge in [-0.1, -0.05) is 41.6 Å². The lowest BCUT2D eigenvalue weighted by molar-refractivity contribution is -0.119. The Morgan fingerprint density at radius 1 is 1.06 bits per heavy atom. The van der Waals surface area contributed by atoms with Crippen LogP contribution in [0.1, 0.15) is 17.8 Å². The number of aromatic amines is 1. The van der Waals surface area contributed by atoms with E-state index in [0.29, 0.717) is 27.1 Å². The topological polar surface area (TPSA) is 100 Å². The van der Waals surface area contributed by atoms with Crippen LogP contribution in [0.15, 0.2) is 94.6 Å². The Balaban J connectivity index is 1.52. The second-order valence-electron chi connectivity index (χ2n) is 7.73. The number of H-pyrrole nitrogens is 1. The molecule has 0 aliphatic carbocycles. The third kappa shape index (κ3) is 4.60. The fourth-order valence-electron chi connectivity index (χ4n) is 3.78. The second kappa shape index (κ2) is 9.44. The van der Waals surface area contributed by atoms with E-state index in [1.807, 2.05) is 0 Å². The second-order valence-corrected chi connectivity index (χ2v) is 9.19. The largest absolute Gasteiger partial charge is 0.511 e. The predicted octanol–water partition coefficient (Wildman–Crippen LogP) is 5.71. The molecule has 1 atom stereocenters. The number of benzene rings is 2. The Labute approximate surface area is 209 Å². The fraction of sp³-hybridized carbons (Fsp3) is 0.0800. The highest BCUT2D eigenvalue weighted by Gasteiger charge is 2.45. The average molecular weight is 509 g/mol. The molecule has 3 N–H and O–H groups in total. The number of carbonyl (C=O) groups is 1. The highest BCUT2D eigenvalue weighted by molar-refractivity contribution is 8.04. The normalized spacial score (nSPS) is 17.8. The number of aliphatic hydroxyl groups is 1. The van der Waals surface area contributed by atoms with E-state index in [1.54, 1.807) is 54.7 Å². The summed E-state index contributed by atoms with van der Waals surface area (Å²) in [6, 6.07) is 19.4. The predicted molar refractivity (Wildman–Crippen MR) is 130 cm³/mol. The van der Waals surface area contributed by atoms with Gasteiger partial charge in [0.05, 0.1) is 16.4 Å². The molecular formula is C25H18ClFN4O3S. The molecule has 0 spiro atoms. The summed E-state index contributed by atoms with van der Waals surface area (Å²) in [6.45, 7) is 0. The lowest BCUT2D eigenvalue weighted by Crippen LogP contribution is -2.51. The Bertz CT molecular complexity index is 1410. The van der Waals surface area contributed by atoms with E-state index < -0.39 is 11.4 Å². The third-order valence-electron chi connectivity index (χ3n) is 5.43. The van der Waals surface area contributed by atoms with Crippen LogP contribution in [-0.4, -0.2) is 26.2 Å². The van der Waals surface area contributed by atoms with Gasteiger partial charge in [-0.05, 0) is 48.5 Å². The molecule has 2 aromatic heterocycles. The molecule has 2 aromatic carbocycles. The molecule has 0 bridgehead atoms. The maximum absolute atomic E-state index is 13.3. The van der Waals surface area contributed by atoms with Gasteiger partial charge in [-0.15, -0.1) is 0 Å². The number of aliphatic hydroxyl groups excluding tert-OH is 1. The van der Waals surface area contributed by atoms with Gasteiger partial charge in [-0.3, -0.25) is 9.89 Å². The summed E-state index contributed by atoms with van der Waals surface area (Å²) in [5.74, 6) is -0.336. The maximum Gasteiger partial charge on any atom is 0.262 e. The molecule has 0 saturated heterocycles. The van der Waals surface area contributed by atoms with Crippen LogP contribution in [0, 0.1) is 5.82 Å². The first kappa shape index (κ1) is 22.9. The minimum atomic E-state index is -1.23. The van der Waals surface area contributed by atoms with Gasteiger partial charge in [0.25, 0.3) is 5.91 Å². The van der Waals surface area contributed by atoms with Crippen LogP contribution in [0.3, 0.4) is 0 Å². The molecule has 1 unspecified atom stereocenters. The maximum atomic E-state index is 13.3. The van der Waals surface area contributed by atoms with Crippen molar-refractivity contribution in [1.29, 1.82) is 0 Å². The van der Waals surface area contributed by atoms with Crippen molar-refractivity contribution in [1.82, 2.24) is 20.5 Å². The number of thioether (sulfide) groups is 1. The van der Waals surface area contributed by atoms with Crippen LogP contribution in [0.5, 0.6) is 11.6 Å². The first-order valence-corrected chi connectivity index (χ1v) is 11.7. The van der Waals surface area contributed by atoms with Gasteiger partial charge in [0.2, 0.25) is 5.88 Å². The summed E-state index contributed by atoms with van der Waals surface area (Å²) in [6.07, 6.45) is 1.57. The first-order valence-electron chi connectivity index (χ1n) is 10.5. The van der Waals surface area contributed by atoms with Crippen LogP contribution in [-0.2, 0) is 10.3 Å². The highest BCUT2D eigenvalue weighted by atomic mass is 35.5. The number of ether oxygens (including phenoxy) is 1. The molecule has 4 aromatic rings. The average Bonchev–Trinajstić information content (AvgIpc) is 3.40. The number of hydrogen-bond acceptors (Lipinski definition) is 6. The minimum Gasteiger partial charge on any atom is -0.511 e. The molecule has 1 aliphatic heterocycles. The lowest BCUT2D eigenvalue weighted by Gasteiger charge is -2.37. The number of aromatic nitrogens is 3. The van der Waals surface area contributed by atoms with Crippen molar-refractivity contribution in [3.8, 4) is 11.6 Å². The molecule has 1 amide bonds. The lowest BCUT2D eigenvalue weighted by atomic mass is 9.84. The Kier molecular flexibility index (Phi) is 6.19. The zero-order chi connectivity index (χ0) is 24.4. The van der Waals surface area contributed by atoms with Crippen molar-refractivity contribution < 1.29 is 19.0 Å². The van der Waals surface area contributed by atoms with E-state index in [9.17, 15) is 14.3 Å². The van der Waals surface area contributed by atoms with Crippen LogP contribution in [0.25, 0.3) is 0 Å². The minimum absolute atomic E-state index is 0.0146. The summed E-state index contributed by atoms with van der Waals surface area (Å²) < 4.78 is 19.0. The van der Waals surface area contributed by atoms with Crippen molar-refractivity contribution in [3.05, 3.63) is 112 Å². The smallest absolute Gasteiger partial charge is 0.262 e. The Morgan fingerprint density at radius 3 is 2.57 bits per heavy atom. The number of carbonyl (C=O) groups excluding carboxylic acids is 1. The van der Waals surface area contributed by atoms with Gasteiger partial charge in [0, 0.05) is 23.6 Å². The number of nitrogens with zero attached hydrogens (tertiary/aromatic N) is 2. The Morgan fingerprint density at radius 2 is 1.86 bits per heavy atom. The molecule has 10 heteroatoms. The van der Waals surface area contributed by atoms with Crippen molar-refractivity contribution in [2.24, 2.45) is 0 Å². The SMILES string of the molecule is O=C1NC(c2cccc(Oc3ccc(F)cc3)n2)(c2ccn[nH]2)CC(O)=C1Sc1ccccc1Cl. The number of hydrogen-bond donors (Lipinski definition) is 3. The number of halogens is 2. The van der Waals surface area contributed by atoms with Gasteiger partial charge >= 0.3 is 0 Å². The van der Waals surface area contributed by atoms with Crippen molar-refractivity contribution in [3.63, 3.8) is 0 Å². The summed E-state index contributed by atoms with van der Waals surface area (Å²) in [4.78, 5) is 18.7. The molecular weight excluding hydrogens is 491 g/mol. The molecule has 176 valence electrons. The summed E-state index contributed by atoms with van der Waals surface area (Å²) in [7, 11) is 0. The van der Waals surface area contributed by atoms with Crippen LogP contribution in [0.4, 0.5) is 4.39 Å². The number of nitrogens with one attached hydrogen (secondary N) is 2. The molecule has 3 heterocycles. The zero-order valence-corrected chi connectivity index (χ0v) is 19.6. The molecule has 1 aliphatic rings. The van der Waals surface area contributed by atoms with E-state index >= 15 is 0 Å². The van der Waals surface area contributed by atoms with Crippen molar-refractivity contribution in [2.45, 2.75) is 16.9 Å². The van der Waals surface area contributed by atoms with Crippen LogP contribution < -0.4 is 10.1 Å². The molecule has 35 heavy (non-hydrogen) atoms. The van der Waals surface area contributed by atoms with E-state index in [0.717, 1.165) is 11.8 Å². The molecule has 0 radical (unpaired) electrons. The quantitative estimate of drug-likeness (QED) is 0.308. The number of rotatable bonds is 6. The van der Waals surface area contributed by atoms with E-state index in [4.69, 9.17) is 16.3 Å². The van der Waals surface area contributed by atoms with E-state index in [1.165, 1.54) is 24.3 Å². The molecule has 0 fully saturated rings. The van der Waals surface area contributed by atoms with Crippen molar-refractivity contribution in [2.75, 3.05) is 0 Å². The third-order valence-corrected chi connectivity index (χ3v) is 7.08. The molecule has 7 nitrogen and oxygen atoms in total. The van der Waals surface area contributed by atoms with Crippen LogP contribution in [0.2, 0.25) is 5.02 Å².